The van der Waals surface area contributed by atoms with Crippen LogP contribution in [0.5, 0.6) is 0 Å². The second-order valence-corrected chi connectivity index (χ2v) is 5.37. The zero-order valence-electron chi connectivity index (χ0n) is 12.6. The van der Waals surface area contributed by atoms with Crippen molar-refractivity contribution in [3.05, 3.63) is 41.4 Å². The van der Waals surface area contributed by atoms with Gasteiger partial charge in [-0.2, -0.15) is 0 Å². The minimum atomic E-state index is -1.04. The van der Waals surface area contributed by atoms with Gasteiger partial charge in [-0.1, -0.05) is 30.7 Å². The van der Waals surface area contributed by atoms with Gasteiger partial charge in [-0.15, -0.1) is 0 Å². The first-order chi connectivity index (χ1) is 11.0. The zero-order chi connectivity index (χ0) is 16.8. The number of hydrogen-bond donors (Lipinski definition) is 2. The monoisotopic (exact) mass is 336 g/mol. The van der Waals surface area contributed by atoms with Gasteiger partial charge in [0.2, 0.25) is 5.91 Å². The zero-order valence-corrected chi connectivity index (χ0v) is 13.3. The van der Waals surface area contributed by atoms with Crippen LogP contribution in [0.4, 0.5) is 0 Å². The van der Waals surface area contributed by atoms with Gasteiger partial charge in [0.25, 0.3) is 0 Å². The maximum Gasteiger partial charge on any atom is 0.326 e. The molecule has 2 aromatic rings. The van der Waals surface area contributed by atoms with Crippen LogP contribution in [-0.2, 0) is 16.0 Å². The lowest BCUT2D eigenvalue weighted by atomic mass is 10.2. The molecular formula is C16H17ClN2O4. The van der Waals surface area contributed by atoms with E-state index >= 15 is 0 Å². The quantitative estimate of drug-likeness (QED) is 0.811. The molecule has 2 rings (SSSR count). The minimum Gasteiger partial charge on any atom is -0.480 e. The van der Waals surface area contributed by atoms with Crippen molar-refractivity contribution in [3.8, 4) is 11.3 Å². The SMILES string of the molecule is CCC(NC(=O)CCc1ncc(-c2ccccc2Cl)o1)C(=O)O. The van der Waals surface area contributed by atoms with Crippen LogP contribution in [0.15, 0.2) is 34.9 Å². The lowest BCUT2D eigenvalue weighted by molar-refractivity contribution is -0.141. The lowest BCUT2D eigenvalue weighted by Crippen LogP contribution is -2.40. The third-order valence-corrected chi connectivity index (χ3v) is 3.63. The fourth-order valence-electron chi connectivity index (χ4n) is 2.04. The van der Waals surface area contributed by atoms with Gasteiger partial charge < -0.3 is 14.8 Å². The van der Waals surface area contributed by atoms with Gasteiger partial charge in [0.05, 0.1) is 11.2 Å². The molecule has 0 saturated carbocycles. The number of aromatic nitrogens is 1. The van der Waals surface area contributed by atoms with Crippen molar-refractivity contribution in [1.82, 2.24) is 10.3 Å². The molecule has 1 unspecified atom stereocenters. The van der Waals surface area contributed by atoms with Crippen molar-refractivity contribution in [2.75, 3.05) is 0 Å². The second-order valence-electron chi connectivity index (χ2n) is 4.96. The van der Waals surface area contributed by atoms with E-state index in [2.05, 4.69) is 10.3 Å². The molecule has 0 aliphatic heterocycles. The number of nitrogens with one attached hydrogen (secondary N) is 1. The summed E-state index contributed by atoms with van der Waals surface area (Å²) in [5.74, 6) is -0.462. The summed E-state index contributed by atoms with van der Waals surface area (Å²) in [5, 5.41) is 11.9. The lowest BCUT2D eigenvalue weighted by Gasteiger charge is -2.11. The van der Waals surface area contributed by atoms with Gasteiger partial charge in [0, 0.05) is 18.4 Å². The summed E-state index contributed by atoms with van der Waals surface area (Å²) in [6.45, 7) is 1.70. The van der Waals surface area contributed by atoms with E-state index < -0.39 is 12.0 Å². The van der Waals surface area contributed by atoms with Crippen LogP contribution < -0.4 is 5.32 Å². The van der Waals surface area contributed by atoms with E-state index in [9.17, 15) is 9.59 Å². The number of carboxylic acid groups (broad SMARTS) is 1. The molecule has 0 saturated heterocycles. The van der Waals surface area contributed by atoms with Crippen LogP contribution in [0, 0.1) is 0 Å². The molecule has 0 bridgehead atoms. The van der Waals surface area contributed by atoms with Crippen LogP contribution in [0.3, 0.4) is 0 Å². The number of aliphatic carboxylic acids is 1. The van der Waals surface area contributed by atoms with E-state index in [0.717, 1.165) is 5.56 Å². The third-order valence-electron chi connectivity index (χ3n) is 3.30. The number of carboxylic acids is 1. The molecule has 1 amide bonds. The molecule has 1 atom stereocenters. The average Bonchev–Trinajstić information content (AvgIpc) is 2.99. The Bertz CT molecular complexity index is 699. The third kappa shape index (κ3) is 4.56. The normalized spacial score (nSPS) is 11.9. The molecule has 0 aliphatic carbocycles. The molecule has 0 spiro atoms. The minimum absolute atomic E-state index is 0.103. The summed E-state index contributed by atoms with van der Waals surface area (Å²) < 4.78 is 5.59. The Morgan fingerprint density at radius 1 is 1.39 bits per heavy atom. The number of amides is 1. The van der Waals surface area contributed by atoms with Gasteiger partial charge in [-0.05, 0) is 18.6 Å². The Kier molecular flexibility index (Phi) is 5.76. The summed E-state index contributed by atoms with van der Waals surface area (Å²) >= 11 is 6.09. The standard InChI is InChI=1S/C16H17ClN2O4/c1-2-12(16(21)22)19-14(20)7-8-15-18-9-13(23-15)10-5-3-4-6-11(10)17/h3-6,9,12H,2,7-8H2,1H3,(H,19,20)(H,21,22). The highest BCUT2D eigenvalue weighted by molar-refractivity contribution is 6.33. The molecule has 0 radical (unpaired) electrons. The molecule has 2 N–H and O–H groups in total. The Balaban J connectivity index is 1.94. The van der Waals surface area contributed by atoms with Crippen LogP contribution in [-0.4, -0.2) is 28.0 Å². The van der Waals surface area contributed by atoms with Gasteiger partial charge >= 0.3 is 5.97 Å². The first kappa shape index (κ1) is 17.0. The number of rotatable bonds is 7. The first-order valence-electron chi connectivity index (χ1n) is 7.23. The molecule has 0 aliphatic rings. The van der Waals surface area contributed by atoms with Crippen molar-refractivity contribution < 1.29 is 19.1 Å². The van der Waals surface area contributed by atoms with E-state index in [1.807, 2.05) is 18.2 Å². The molecule has 23 heavy (non-hydrogen) atoms. The molecule has 122 valence electrons. The van der Waals surface area contributed by atoms with Crippen LogP contribution >= 0.6 is 11.6 Å². The van der Waals surface area contributed by atoms with Crippen molar-refractivity contribution >= 4 is 23.5 Å². The maximum absolute atomic E-state index is 11.8. The highest BCUT2D eigenvalue weighted by Gasteiger charge is 2.18. The summed E-state index contributed by atoms with van der Waals surface area (Å²) in [7, 11) is 0. The van der Waals surface area contributed by atoms with Crippen molar-refractivity contribution in [2.24, 2.45) is 0 Å². The first-order valence-corrected chi connectivity index (χ1v) is 7.60. The second kappa shape index (κ2) is 7.78. The Morgan fingerprint density at radius 3 is 2.78 bits per heavy atom. The van der Waals surface area contributed by atoms with Gasteiger partial charge in [-0.25, -0.2) is 9.78 Å². The van der Waals surface area contributed by atoms with Gasteiger partial charge in [0.1, 0.15) is 6.04 Å². The summed E-state index contributed by atoms with van der Waals surface area (Å²) in [4.78, 5) is 26.7. The number of hydrogen-bond acceptors (Lipinski definition) is 4. The van der Waals surface area contributed by atoms with Crippen LogP contribution in [0.2, 0.25) is 5.02 Å². The molecular weight excluding hydrogens is 320 g/mol. The number of halogens is 1. The Labute approximate surface area is 138 Å². The number of carbonyl (C=O) groups excluding carboxylic acids is 1. The van der Waals surface area contributed by atoms with Gasteiger partial charge in [0.15, 0.2) is 11.7 Å². The summed E-state index contributed by atoms with van der Waals surface area (Å²) in [5.41, 5.74) is 0.731. The molecule has 1 aromatic carbocycles. The average molecular weight is 337 g/mol. The molecule has 6 nitrogen and oxygen atoms in total. The number of aryl methyl sites for hydroxylation is 1. The number of carbonyl (C=O) groups is 2. The fraction of sp³-hybridized carbons (Fsp3) is 0.312. The van der Waals surface area contributed by atoms with E-state index in [0.29, 0.717) is 23.1 Å². The molecule has 1 heterocycles. The molecule has 1 aromatic heterocycles. The number of nitrogens with zero attached hydrogens (tertiary/aromatic N) is 1. The van der Waals surface area contributed by atoms with Crippen molar-refractivity contribution in [1.29, 1.82) is 0 Å². The summed E-state index contributed by atoms with van der Waals surface area (Å²) in [6, 6.07) is 6.36. The highest BCUT2D eigenvalue weighted by Crippen LogP contribution is 2.28. The summed E-state index contributed by atoms with van der Waals surface area (Å²) in [6.07, 6.45) is 2.27. The van der Waals surface area contributed by atoms with E-state index in [1.165, 1.54) is 0 Å². The highest BCUT2D eigenvalue weighted by atomic mass is 35.5. The maximum atomic E-state index is 11.8. The Morgan fingerprint density at radius 2 is 2.13 bits per heavy atom. The Hall–Kier alpha value is -2.34. The van der Waals surface area contributed by atoms with Crippen LogP contribution in [0.1, 0.15) is 25.7 Å². The fourth-order valence-corrected chi connectivity index (χ4v) is 2.27. The van der Waals surface area contributed by atoms with Crippen LogP contribution in [0.25, 0.3) is 11.3 Å². The predicted octanol–water partition coefficient (Wildman–Crippen LogP) is 2.91. The van der Waals surface area contributed by atoms with Crippen molar-refractivity contribution in [2.45, 2.75) is 32.2 Å². The van der Waals surface area contributed by atoms with Gasteiger partial charge in [-0.3, -0.25) is 4.79 Å². The van der Waals surface area contributed by atoms with E-state index in [1.54, 1.807) is 19.2 Å². The van der Waals surface area contributed by atoms with E-state index in [4.69, 9.17) is 21.1 Å². The molecule has 7 heteroatoms. The van der Waals surface area contributed by atoms with E-state index in [-0.39, 0.29) is 18.7 Å². The topological polar surface area (TPSA) is 92.4 Å². The smallest absolute Gasteiger partial charge is 0.326 e. The predicted molar refractivity (Wildman–Crippen MR) is 85.1 cm³/mol. The number of oxazole rings is 1. The number of benzene rings is 1. The van der Waals surface area contributed by atoms with Crippen molar-refractivity contribution in [3.63, 3.8) is 0 Å². The largest absolute Gasteiger partial charge is 0.480 e. The molecule has 0 fully saturated rings.